The van der Waals surface area contributed by atoms with Crippen molar-refractivity contribution in [2.75, 3.05) is 0 Å². The van der Waals surface area contributed by atoms with Crippen molar-refractivity contribution in [3.05, 3.63) is 73.4 Å². The molecule has 0 amide bonds. The molecule has 0 atom stereocenters. The summed E-state index contributed by atoms with van der Waals surface area (Å²) >= 11 is 1.65. The topological polar surface area (TPSA) is 67.8 Å². The first-order valence-corrected chi connectivity index (χ1v) is 9.63. The first-order valence-electron chi connectivity index (χ1n) is 8.81. The molecule has 0 bridgehead atoms. The molecular formula is C20H17N3O2S. The second kappa shape index (κ2) is 5.92. The van der Waals surface area contributed by atoms with Crippen LogP contribution in [0.5, 0.6) is 0 Å². The van der Waals surface area contributed by atoms with Gasteiger partial charge in [-0.2, -0.15) is 0 Å². The van der Waals surface area contributed by atoms with Crippen molar-refractivity contribution in [1.29, 1.82) is 0 Å². The maximum atomic E-state index is 13.1. The van der Waals surface area contributed by atoms with Gasteiger partial charge in [0.2, 0.25) is 5.56 Å². The number of nitrogens with zero attached hydrogens (tertiary/aromatic N) is 2. The van der Waals surface area contributed by atoms with Crippen molar-refractivity contribution in [2.45, 2.75) is 32.2 Å². The first-order chi connectivity index (χ1) is 12.7. The molecule has 130 valence electrons. The average molecular weight is 363 g/mol. The Morgan fingerprint density at radius 3 is 2.92 bits per heavy atom. The fraction of sp³-hybridized carbons (Fsp3) is 0.250. The molecule has 0 unspecified atom stereocenters. The quantitative estimate of drug-likeness (QED) is 0.594. The van der Waals surface area contributed by atoms with Crippen LogP contribution in [0.3, 0.4) is 0 Å². The lowest BCUT2D eigenvalue weighted by molar-refractivity contribution is 0.697. The zero-order valence-corrected chi connectivity index (χ0v) is 14.9. The Labute approximate surface area is 153 Å². The fourth-order valence-electron chi connectivity index (χ4n) is 3.89. The number of aromatic amines is 1. The Hall–Kier alpha value is -2.73. The van der Waals surface area contributed by atoms with E-state index in [1.165, 1.54) is 16.9 Å². The number of thiophene rings is 1. The number of nitrogens with one attached hydrogen (secondary N) is 1. The maximum Gasteiger partial charge on any atom is 0.262 e. The summed E-state index contributed by atoms with van der Waals surface area (Å²) < 4.78 is 1.63. The van der Waals surface area contributed by atoms with Gasteiger partial charge in [0.15, 0.2) is 0 Å². The Kier molecular flexibility index (Phi) is 3.53. The summed E-state index contributed by atoms with van der Waals surface area (Å²) in [5.74, 6) is 0. The van der Waals surface area contributed by atoms with Crippen LogP contribution in [0.15, 0.2) is 46.2 Å². The van der Waals surface area contributed by atoms with Gasteiger partial charge in [-0.05, 0) is 42.9 Å². The van der Waals surface area contributed by atoms with Crippen molar-refractivity contribution in [2.24, 2.45) is 0 Å². The number of rotatable bonds is 2. The van der Waals surface area contributed by atoms with E-state index in [1.54, 1.807) is 28.3 Å². The van der Waals surface area contributed by atoms with Crippen LogP contribution in [-0.2, 0) is 19.4 Å². The molecule has 0 saturated heterocycles. The molecule has 4 aromatic rings. The summed E-state index contributed by atoms with van der Waals surface area (Å²) in [4.78, 5) is 34.7. The third kappa shape index (κ3) is 2.41. The third-order valence-corrected chi connectivity index (χ3v) is 6.32. The minimum Gasteiger partial charge on any atom is -0.322 e. The van der Waals surface area contributed by atoms with Gasteiger partial charge in [-0.3, -0.25) is 14.2 Å². The minimum atomic E-state index is -0.159. The lowest BCUT2D eigenvalue weighted by atomic mass is 9.97. The minimum absolute atomic E-state index is 0.00115. The summed E-state index contributed by atoms with van der Waals surface area (Å²) in [7, 11) is 0. The van der Waals surface area contributed by atoms with Gasteiger partial charge in [0.25, 0.3) is 5.56 Å². The van der Waals surface area contributed by atoms with Crippen LogP contribution in [0.2, 0.25) is 0 Å². The lowest BCUT2D eigenvalue weighted by Crippen LogP contribution is -2.22. The van der Waals surface area contributed by atoms with E-state index in [9.17, 15) is 9.59 Å². The molecule has 5 nitrogen and oxygen atoms in total. The number of aromatic nitrogens is 3. The molecule has 1 aliphatic rings. The second-order valence-electron chi connectivity index (χ2n) is 6.77. The molecule has 0 aliphatic heterocycles. The van der Waals surface area contributed by atoms with Gasteiger partial charge in [0.1, 0.15) is 4.83 Å². The van der Waals surface area contributed by atoms with Crippen molar-refractivity contribution in [3.8, 4) is 0 Å². The molecule has 1 aliphatic carbocycles. The van der Waals surface area contributed by atoms with Crippen LogP contribution < -0.4 is 11.1 Å². The summed E-state index contributed by atoms with van der Waals surface area (Å²) in [6.07, 6.45) is 5.94. The smallest absolute Gasteiger partial charge is 0.262 e. The number of benzene rings is 1. The summed E-state index contributed by atoms with van der Waals surface area (Å²) in [6.45, 7) is 0.344. The Bertz CT molecular complexity index is 1270. The maximum absolute atomic E-state index is 13.1. The van der Waals surface area contributed by atoms with Gasteiger partial charge in [0, 0.05) is 21.8 Å². The van der Waals surface area contributed by atoms with Gasteiger partial charge in [-0.25, -0.2) is 4.98 Å². The standard InChI is InChI=1S/C20H17N3O2S/c24-17-9-12(13-5-1-3-7-15(13)22-17)10-23-11-21-19-18(20(23)25)14-6-2-4-8-16(14)26-19/h1,3,5,7,9,11H,2,4,6,8,10H2,(H,22,24). The Morgan fingerprint density at radius 2 is 2.00 bits per heavy atom. The van der Waals surface area contributed by atoms with Gasteiger partial charge in [0.05, 0.1) is 18.3 Å². The van der Waals surface area contributed by atoms with E-state index < -0.39 is 0 Å². The van der Waals surface area contributed by atoms with Crippen LogP contribution in [0.1, 0.15) is 28.8 Å². The molecule has 1 N–H and O–H groups in total. The molecule has 5 rings (SSSR count). The number of aryl methyl sites for hydroxylation is 2. The Balaban J connectivity index is 1.68. The van der Waals surface area contributed by atoms with Crippen LogP contribution in [0.25, 0.3) is 21.1 Å². The monoisotopic (exact) mass is 363 g/mol. The van der Waals surface area contributed by atoms with Crippen LogP contribution in [0, 0.1) is 0 Å². The van der Waals surface area contributed by atoms with Crippen molar-refractivity contribution >= 4 is 32.5 Å². The molecular weight excluding hydrogens is 346 g/mol. The van der Waals surface area contributed by atoms with Crippen LogP contribution in [0.4, 0.5) is 0 Å². The molecule has 0 fully saturated rings. The summed E-state index contributed by atoms with van der Waals surface area (Å²) in [5, 5.41) is 1.73. The average Bonchev–Trinajstić information content (AvgIpc) is 3.03. The third-order valence-electron chi connectivity index (χ3n) is 5.12. The number of para-hydroxylation sites is 1. The zero-order chi connectivity index (χ0) is 17.7. The van der Waals surface area contributed by atoms with E-state index in [1.807, 2.05) is 24.3 Å². The van der Waals surface area contributed by atoms with Gasteiger partial charge < -0.3 is 4.98 Å². The molecule has 6 heteroatoms. The molecule has 26 heavy (non-hydrogen) atoms. The highest BCUT2D eigenvalue weighted by Gasteiger charge is 2.20. The van der Waals surface area contributed by atoms with E-state index in [0.717, 1.165) is 45.9 Å². The van der Waals surface area contributed by atoms with Crippen LogP contribution in [-0.4, -0.2) is 14.5 Å². The molecule has 0 saturated carbocycles. The van der Waals surface area contributed by atoms with E-state index >= 15 is 0 Å². The number of hydrogen-bond donors (Lipinski definition) is 1. The highest BCUT2D eigenvalue weighted by Crippen LogP contribution is 2.33. The molecule has 0 spiro atoms. The summed E-state index contributed by atoms with van der Waals surface area (Å²) in [6, 6.07) is 9.23. The van der Waals surface area contributed by atoms with Crippen molar-refractivity contribution in [1.82, 2.24) is 14.5 Å². The normalized spacial score (nSPS) is 14.0. The van der Waals surface area contributed by atoms with E-state index in [-0.39, 0.29) is 11.1 Å². The van der Waals surface area contributed by atoms with Gasteiger partial charge >= 0.3 is 0 Å². The highest BCUT2D eigenvalue weighted by atomic mass is 32.1. The molecule has 0 radical (unpaired) electrons. The number of hydrogen-bond acceptors (Lipinski definition) is 4. The van der Waals surface area contributed by atoms with Gasteiger partial charge in [-0.15, -0.1) is 11.3 Å². The van der Waals surface area contributed by atoms with Crippen molar-refractivity contribution < 1.29 is 0 Å². The number of H-pyrrole nitrogens is 1. The van der Waals surface area contributed by atoms with E-state index in [4.69, 9.17) is 0 Å². The highest BCUT2D eigenvalue weighted by molar-refractivity contribution is 7.18. The summed E-state index contributed by atoms with van der Waals surface area (Å²) in [5.41, 5.74) is 2.65. The zero-order valence-electron chi connectivity index (χ0n) is 14.1. The molecule has 3 heterocycles. The predicted molar refractivity (Wildman–Crippen MR) is 104 cm³/mol. The SMILES string of the molecule is O=c1cc(Cn2cnc3sc4c(c3c2=O)CCCC4)c2ccccc2[nH]1. The molecule has 3 aromatic heterocycles. The Morgan fingerprint density at radius 1 is 1.15 bits per heavy atom. The lowest BCUT2D eigenvalue weighted by Gasteiger charge is -2.11. The van der Waals surface area contributed by atoms with Gasteiger partial charge in [-0.1, -0.05) is 18.2 Å². The fourth-order valence-corrected chi connectivity index (χ4v) is 5.10. The molecule has 1 aromatic carbocycles. The van der Waals surface area contributed by atoms with E-state index in [0.29, 0.717) is 6.54 Å². The van der Waals surface area contributed by atoms with E-state index in [2.05, 4.69) is 9.97 Å². The second-order valence-corrected chi connectivity index (χ2v) is 7.86. The van der Waals surface area contributed by atoms with Crippen molar-refractivity contribution in [3.63, 3.8) is 0 Å². The first kappa shape index (κ1) is 15.5. The number of fused-ring (bicyclic) bond motifs is 4. The predicted octanol–water partition coefficient (Wildman–Crippen LogP) is 3.23. The van der Waals surface area contributed by atoms with Crippen LogP contribution >= 0.6 is 11.3 Å². The number of pyridine rings is 1. The largest absolute Gasteiger partial charge is 0.322 e.